The molecule has 2 aromatic carbocycles. The molecule has 0 saturated carbocycles. The second-order valence-electron chi connectivity index (χ2n) is 27.9. The molecule has 6 atom stereocenters. The summed E-state index contributed by atoms with van der Waals surface area (Å²) >= 11 is 6.47. The van der Waals surface area contributed by atoms with Crippen LogP contribution < -0.4 is 22.1 Å². The number of carboxylic acids is 1. The molecule has 2 aromatic heterocycles. The Bertz CT molecular complexity index is 2980. The number of likely N-dealkylation sites (tertiary alicyclic amines) is 2. The van der Waals surface area contributed by atoms with Crippen molar-refractivity contribution in [2.24, 2.45) is 28.2 Å². The van der Waals surface area contributed by atoms with Gasteiger partial charge < -0.3 is 66.2 Å². The van der Waals surface area contributed by atoms with Crippen molar-refractivity contribution >= 4 is 80.0 Å². The van der Waals surface area contributed by atoms with Gasteiger partial charge in [-0.1, -0.05) is 126 Å². The summed E-state index contributed by atoms with van der Waals surface area (Å²) in [6, 6.07) is 13.7. The van der Waals surface area contributed by atoms with Gasteiger partial charge in [0.05, 0.1) is 57.0 Å². The van der Waals surface area contributed by atoms with E-state index in [1.807, 2.05) is 136 Å². The number of ketones is 1. The molecule has 0 unspecified atom stereocenters. The number of amides is 4. The van der Waals surface area contributed by atoms with Gasteiger partial charge in [0.2, 0.25) is 23.6 Å². The number of carbonyl (C=O) groups is 7. The maximum atomic E-state index is 13.7. The summed E-state index contributed by atoms with van der Waals surface area (Å²) in [5.74, 6) is -2.48. The number of esters is 1. The minimum atomic E-state index is -0.777. The lowest BCUT2D eigenvalue weighted by atomic mass is 9.76. The maximum Gasteiger partial charge on any atom is 0.306 e. The molecule has 0 aliphatic carbocycles. The van der Waals surface area contributed by atoms with E-state index in [9.17, 15) is 43.8 Å². The first-order valence-corrected chi connectivity index (χ1v) is 37.8. The van der Waals surface area contributed by atoms with Gasteiger partial charge in [0.15, 0.2) is 0 Å². The third kappa shape index (κ3) is 35.2. The molecule has 9 N–H and O–H groups in total. The van der Waals surface area contributed by atoms with Crippen molar-refractivity contribution in [2.75, 3.05) is 65.1 Å². The van der Waals surface area contributed by atoms with Crippen LogP contribution >= 0.6 is 38.6 Å². The van der Waals surface area contributed by atoms with Crippen LogP contribution in [-0.4, -0.2) is 177 Å². The van der Waals surface area contributed by atoms with Crippen molar-refractivity contribution in [2.45, 2.75) is 235 Å². The van der Waals surface area contributed by atoms with Crippen molar-refractivity contribution in [3.8, 4) is 20.9 Å². The largest absolute Gasteiger partial charge is 0.481 e. The third-order valence-electron chi connectivity index (χ3n) is 16.0. The zero-order chi connectivity index (χ0) is 74.3. The van der Waals surface area contributed by atoms with Crippen LogP contribution in [-0.2, 0) is 65.6 Å². The summed E-state index contributed by atoms with van der Waals surface area (Å²) in [4.78, 5) is 100. The number of carboxylic acid groups (broad SMARTS) is 1. The number of aliphatic hydroxyl groups excluding tert-OH is 2. The van der Waals surface area contributed by atoms with E-state index in [2.05, 4.69) is 56.1 Å². The molecule has 558 valence electrons. The average molecular weight is 1490 g/mol. The molecule has 6 rings (SSSR count). The Balaban J connectivity index is 0.000000493. The van der Waals surface area contributed by atoms with Crippen LogP contribution in [0.5, 0.6) is 0 Å². The molecule has 25 heteroatoms. The summed E-state index contributed by atoms with van der Waals surface area (Å²) in [6.45, 7) is 30.5. The smallest absolute Gasteiger partial charge is 0.306 e. The molecule has 4 amide bonds. The number of ether oxygens (including phenoxy) is 4. The molecule has 0 radical (unpaired) electrons. The summed E-state index contributed by atoms with van der Waals surface area (Å²) in [5.41, 5.74) is 19.0. The molecule has 2 saturated heterocycles. The number of carbonyl (C=O) groups excluding carboxylic acids is 6. The van der Waals surface area contributed by atoms with Gasteiger partial charge in [-0.3, -0.25) is 33.6 Å². The molecule has 4 heterocycles. The van der Waals surface area contributed by atoms with E-state index in [0.29, 0.717) is 45.8 Å². The number of alkyl halides is 1. The number of rotatable bonds is 34. The Kier molecular flexibility index (Phi) is 43.0. The number of halogens is 1. The number of hydrogen-bond acceptors (Lipinski definition) is 19. The SMILES string of the molecule is CC(C)(C)OC(=O)CCCCOCCBr.CCCCOCCCCC(=O)O.CCCOCCCCC(=O)C[C@H](C(=O)N1C[C@H](O)C[C@H]1C(=O)NCc1ccc(-c2scnc2C)cc1)C(C)(C)C.CN.Cc1ncsc1-c1ccc(CNC(=O)[C@@H]2C[C@@H](O)CN2C(=O)[C@@H](N)C(C)(C)C)cc1. The van der Waals surface area contributed by atoms with Gasteiger partial charge in [-0.15, -0.1) is 22.7 Å². The van der Waals surface area contributed by atoms with Crippen LogP contribution in [0, 0.1) is 30.6 Å². The fourth-order valence-electron chi connectivity index (χ4n) is 10.4. The molecule has 99 heavy (non-hydrogen) atoms. The number of aromatic nitrogens is 2. The van der Waals surface area contributed by atoms with Crippen LogP contribution in [0.15, 0.2) is 59.6 Å². The number of unbranched alkanes of at least 4 members (excludes halogenated alkanes) is 4. The molecule has 22 nitrogen and oxygen atoms in total. The predicted octanol–water partition coefficient (Wildman–Crippen LogP) is 11.5. The highest BCUT2D eigenvalue weighted by Crippen LogP contribution is 2.35. The van der Waals surface area contributed by atoms with Crippen LogP contribution in [0.3, 0.4) is 0 Å². The van der Waals surface area contributed by atoms with Gasteiger partial charge in [-0.25, -0.2) is 9.97 Å². The molecule has 4 aromatic rings. The molecule has 0 spiro atoms. The van der Waals surface area contributed by atoms with Crippen molar-refractivity contribution in [1.29, 1.82) is 0 Å². The van der Waals surface area contributed by atoms with E-state index < -0.39 is 53.1 Å². The zero-order valence-electron chi connectivity index (χ0n) is 61.6. The van der Waals surface area contributed by atoms with Crippen LogP contribution in [0.4, 0.5) is 0 Å². The van der Waals surface area contributed by atoms with Gasteiger partial charge in [0, 0.05) is 109 Å². The lowest BCUT2D eigenvalue weighted by Gasteiger charge is -2.34. The van der Waals surface area contributed by atoms with E-state index in [-0.39, 0.29) is 79.8 Å². The summed E-state index contributed by atoms with van der Waals surface area (Å²) in [5, 5.41) is 35.5. The molecular weight excluding hydrogens is 1370 g/mol. The Hall–Kier alpha value is -5.61. The fourth-order valence-corrected chi connectivity index (χ4v) is 12.3. The standard InChI is InChI=1S/C31H45N3O5S.C22H30N4O3S.C11H21BrO3.C9H18O3.CH5N/c1-6-14-39-15-8-7-9-24(35)16-26(31(3,4)5)30(38)34-19-25(36)17-27(34)29(37)32-18-22-10-12-23(13-11-22)28-21(2)33-20-40-28;1-13-18(30-12-25-13)15-7-5-14(6-8-15)10-24-20(28)17-9-16(27)11-26(17)21(29)19(23)22(2,3)4;1-11(2,3)15-10(13)6-4-5-8-14-9-7-12;1-2-3-7-12-8-5-4-6-9(10)11;1-2/h10-13,20,25-27,36H,6-9,14-19H2,1-5H3,(H,32,37);5-8,12,16-17,19,27H,9-11,23H2,1-4H3,(H,24,28);4-9H2,1-3H3;2-8H2,1H3,(H,10,11);2H2,1H3/t25-,26-,27+;16-,17+,19-;;;/m11.../s1. The quantitative estimate of drug-likeness (QED) is 0.0130. The first-order valence-electron chi connectivity index (χ1n) is 34.9. The van der Waals surface area contributed by atoms with E-state index in [1.54, 1.807) is 22.7 Å². The number of benzene rings is 2. The van der Waals surface area contributed by atoms with E-state index in [4.69, 9.17) is 29.8 Å². The second-order valence-corrected chi connectivity index (χ2v) is 30.4. The minimum absolute atomic E-state index is 0.0430. The van der Waals surface area contributed by atoms with Crippen molar-refractivity contribution < 1.29 is 67.8 Å². The number of nitrogens with two attached hydrogens (primary N) is 2. The molecule has 2 fully saturated rings. The average Bonchev–Trinajstić information content (AvgIpc) is 1.71. The van der Waals surface area contributed by atoms with Gasteiger partial charge in [-0.05, 0) is 126 Å². The van der Waals surface area contributed by atoms with E-state index in [1.165, 1.54) is 16.8 Å². The highest BCUT2D eigenvalue weighted by molar-refractivity contribution is 9.09. The number of thiazole rings is 2. The van der Waals surface area contributed by atoms with Crippen LogP contribution in [0.25, 0.3) is 20.9 Å². The normalized spacial score (nSPS) is 16.5. The fraction of sp³-hybridized carbons (Fsp3) is 0.662. The number of Topliss-reactive ketones (excluding diaryl/α,β-unsaturated/α-hetero) is 1. The lowest BCUT2D eigenvalue weighted by Crippen LogP contribution is -2.54. The molecule has 2 aliphatic heterocycles. The number of aliphatic carboxylic acids is 1. The Morgan fingerprint density at radius 1 is 0.596 bits per heavy atom. The zero-order valence-corrected chi connectivity index (χ0v) is 64.8. The van der Waals surface area contributed by atoms with Crippen molar-refractivity contribution in [3.63, 3.8) is 0 Å². The number of nitrogens with one attached hydrogen (secondary N) is 2. The molecule has 0 bridgehead atoms. The maximum absolute atomic E-state index is 13.7. The van der Waals surface area contributed by atoms with Crippen LogP contribution in [0.1, 0.15) is 195 Å². The molecular formula is C74H119BrN8O14S2. The monoisotopic (exact) mass is 1490 g/mol. The first-order chi connectivity index (χ1) is 46.8. The number of aryl methyl sites for hydroxylation is 2. The number of hydrogen-bond donors (Lipinski definition) is 7. The number of aliphatic hydroxyl groups is 2. The van der Waals surface area contributed by atoms with Gasteiger partial charge >= 0.3 is 11.9 Å². The highest BCUT2D eigenvalue weighted by Gasteiger charge is 2.45. The number of β-amino-alcohol motifs (C(OH)–C–C–N with tert-alkyl or cyclic N) is 2. The highest BCUT2D eigenvalue weighted by atomic mass is 79.9. The lowest BCUT2D eigenvalue weighted by molar-refractivity contribution is -0.155. The number of nitrogens with zero attached hydrogens (tertiary/aromatic N) is 4. The Morgan fingerprint density at radius 3 is 1.41 bits per heavy atom. The van der Waals surface area contributed by atoms with Gasteiger partial charge in [-0.2, -0.15) is 0 Å². The Morgan fingerprint density at radius 2 is 1.02 bits per heavy atom. The molecule has 2 aliphatic rings. The minimum Gasteiger partial charge on any atom is -0.481 e. The second kappa shape index (κ2) is 47.6. The van der Waals surface area contributed by atoms with Crippen LogP contribution in [0.2, 0.25) is 0 Å². The third-order valence-corrected chi connectivity index (χ3v) is 18.3. The topological polar surface area (TPSA) is 325 Å². The summed E-state index contributed by atoms with van der Waals surface area (Å²) in [6.07, 6.45) is 8.26. The Labute approximate surface area is 606 Å². The van der Waals surface area contributed by atoms with E-state index >= 15 is 0 Å². The van der Waals surface area contributed by atoms with Gasteiger partial charge in [0.25, 0.3) is 0 Å². The van der Waals surface area contributed by atoms with Crippen molar-refractivity contribution in [1.82, 2.24) is 30.4 Å². The van der Waals surface area contributed by atoms with E-state index in [0.717, 1.165) is 126 Å². The summed E-state index contributed by atoms with van der Waals surface area (Å²) < 4.78 is 21.2. The summed E-state index contributed by atoms with van der Waals surface area (Å²) in [7, 11) is 1.50. The van der Waals surface area contributed by atoms with Crippen molar-refractivity contribution in [3.05, 3.63) is 82.1 Å². The van der Waals surface area contributed by atoms with Gasteiger partial charge in [0.1, 0.15) is 23.5 Å². The first kappa shape index (κ1) is 89.5. The predicted molar refractivity (Wildman–Crippen MR) is 397 cm³/mol.